The molecule has 1 saturated heterocycles. The van der Waals surface area contributed by atoms with Gasteiger partial charge in [0.15, 0.2) is 5.17 Å². The first-order chi connectivity index (χ1) is 11.8. The Labute approximate surface area is 156 Å². The summed E-state index contributed by atoms with van der Waals surface area (Å²) in [5, 5.41) is 14.0. The number of hydrogen-bond acceptors (Lipinski definition) is 5. The first-order valence-electron chi connectivity index (χ1n) is 7.97. The number of halogens is 1. The lowest BCUT2D eigenvalue weighted by molar-refractivity contribution is -0.122. The number of carbonyl (C=O) groups excluding carboxylic acids is 2. The van der Waals surface area contributed by atoms with Crippen molar-refractivity contribution in [1.29, 1.82) is 0 Å². The van der Waals surface area contributed by atoms with E-state index in [1.165, 1.54) is 11.8 Å². The van der Waals surface area contributed by atoms with Crippen LogP contribution >= 0.6 is 23.4 Å². The maximum atomic E-state index is 12.1. The van der Waals surface area contributed by atoms with E-state index >= 15 is 0 Å². The molecule has 1 aliphatic rings. The first kappa shape index (κ1) is 19.5. The van der Waals surface area contributed by atoms with E-state index in [0.29, 0.717) is 21.8 Å². The van der Waals surface area contributed by atoms with Gasteiger partial charge in [-0.05, 0) is 37.5 Å². The summed E-state index contributed by atoms with van der Waals surface area (Å²) in [6, 6.07) is 6.87. The van der Waals surface area contributed by atoms with Crippen LogP contribution in [0.1, 0.15) is 33.6 Å². The van der Waals surface area contributed by atoms with Crippen LogP contribution in [0.4, 0.5) is 5.69 Å². The molecule has 2 amide bonds. The Kier molecular flexibility index (Phi) is 7.01. The zero-order valence-electron chi connectivity index (χ0n) is 14.4. The van der Waals surface area contributed by atoms with Crippen molar-refractivity contribution in [2.24, 2.45) is 16.1 Å². The fourth-order valence-electron chi connectivity index (χ4n) is 2.30. The zero-order valence-corrected chi connectivity index (χ0v) is 15.9. The van der Waals surface area contributed by atoms with E-state index in [1.807, 2.05) is 6.92 Å². The number of anilines is 1. The molecular weight excluding hydrogens is 360 g/mol. The molecule has 1 fully saturated rings. The summed E-state index contributed by atoms with van der Waals surface area (Å²) in [7, 11) is 0. The van der Waals surface area contributed by atoms with Gasteiger partial charge in [-0.25, -0.2) is 0 Å². The summed E-state index contributed by atoms with van der Waals surface area (Å²) in [5.41, 5.74) is 1.50. The molecule has 1 aromatic rings. The number of carbonyl (C=O) groups is 2. The predicted molar refractivity (Wildman–Crippen MR) is 104 cm³/mol. The Balaban J connectivity index is 1.91. The van der Waals surface area contributed by atoms with Crippen molar-refractivity contribution in [1.82, 2.24) is 5.32 Å². The molecule has 0 aromatic heterocycles. The SMILES string of the molecule is CC(CC(C)C)=NN=C1NC(=O)[C@@H](CC(=O)Nc2cccc(Cl)c2)S1. The lowest BCUT2D eigenvalue weighted by Crippen LogP contribution is -2.28. The van der Waals surface area contributed by atoms with Gasteiger partial charge in [0.25, 0.3) is 0 Å². The fourth-order valence-corrected chi connectivity index (χ4v) is 3.40. The third-order valence-electron chi connectivity index (χ3n) is 3.27. The Hall–Kier alpha value is -1.86. The molecule has 2 rings (SSSR count). The Bertz CT molecular complexity index is 718. The molecule has 1 aliphatic heterocycles. The third kappa shape index (κ3) is 6.51. The van der Waals surface area contributed by atoms with Gasteiger partial charge in [-0.3, -0.25) is 9.59 Å². The molecule has 1 heterocycles. The van der Waals surface area contributed by atoms with E-state index in [1.54, 1.807) is 24.3 Å². The molecule has 0 radical (unpaired) electrons. The first-order valence-corrected chi connectivity index (χ1v) is 9.23. The Morgan fingerprint density at radius 1 is 1.44 bits per heavy atom. The largest absolute Gasteiger partial charge is 0.326 e. The molecule has 0 aliphatic carbocycles. The van der Waals surface area contributed by atoms with Gasteiger partial charge >= 0.3 is 0 Å². The number of rotatable bonds is 6. The van der Waals surface area contributed by atoms with Gasteiger partial charge in [-0.2, -0.15) is 5.10 Å². The van der Waals surface area contributed by atoms with Crippen molar-refractivity contribution in [3.05, 3.63) is 29.3 Å². The normalized spacial score (nSPS) is 19.4. The molecule has 8 heteroatoms. The monoisotopic (exact) mass is 380 g/mol. The van der Waals surface area contributed by atoms with Gasteiger partial charge in [0.1, 0.15) is 5.25 Å². The smallest absolute Gasteiger partial charge is 0.240 e. The van der Waals surface area contributed by atoms with Crippen molar-refractivity contribution < 1.29 is 9.59 Å². The number of amidine groups is 1. The molecule has 134 valence electrons. The summed E-state index contributed by atoms with van der Waals surface area (Å²) >= 11 is 7.10. The van der Waals surface area contributed by atoms with Gasteiger partial charge in [0.05, 0.1) is 0 Å². The van der Waals surface area contributed by atoms with E-state index in [2.05, 4.69) is 34.7 Å². The van der Waals surface area contributed by atoms with Crippen LogP contribution in [0.25, 0.3) is 0 Å². The topological polar surface area (TPSA) is 82.9 Å². The minimum absolute atomic E-state index is 0.0523. The highest BCUT2D eigenvalue weighted by molar-refractivity contribution is 8.15. The molecule has 25 heavy (non-hydrogen) atoms. The summed E-state index contributed by atoms with van der Waals surface area (Å²) < 4.78 is 0. The van der Waals surface area contributed by atoms with Crippen molar-refractivity contribution in [3.63, 3.8) is 0 Å². The van der Waals surface area contributed by atoms with Crippen LogP contribution in [0, 0.1) is 5.92 Å². The summed E-state index contributed by atoms with van der Waals surface area (Å²) in [6.07, 6.45) is 0.900. The fraction of sp³-hybridized carbons (Fsp3) is 0.412. The second-order valence-electron chi connectivity index (χ2n) is 6.20. The highest BCUT2D eigenvalue weighted by Gasteiger charge is 2.32. The van der Waals surface area contributed by atoms with E-state index < -0.39 is 5.25 Å². The number of thioether (sulfide) groups is 1. The third-order valence-corrected chi connectivity index (χ3v) is 4.58. The second-order valence-corrected chi connectivity index (χ2v) is 7.82. The van der Waals surface area contributed by atoms with Crippen LogP contribution in [0.5, 0.6) is 0 Å². The molecule has 2 N–H and O–H groups in total. The number of hydrogen-bond donors (Lipinski definition) is 2. The van der Waals surface area contributed by atoms with Crippen molar-refractivity contribution in [2.75, 3.05) is 5.32 Å². The minimum atomic E-state index is -0.515. The van der Waals surface area contributed by atoms with E-state index in [9.17, 15) is 9.59 Å². The van der Waals surface area contributed by atoms with Crippen LogP contribution in [0.3, 0.4) is 0 Å². The molecule has 6 nitrogen and oxygen atoms in total. The minimum Gasteiger partial charge on any atom is -0.326 e. The zero-order chi connectivity index (χ0) is 18.4. The quantitative estimate of drug-likeness (QED) is 0.583. The number of nitrogens with one attached hydrogen (secondary N) is 2. The summed E-state index contributed by atoms with van der Waals surface area (Å²) in [5.74, 6) is 0.00932. The van der Waals surface area contributed by atoms with Gasteiger partial charge < -0.3 is 10.6 Å². The number of benzene rings is 1. The van der Waals surface area contributed by atoms with E-state index in [0.717, 1.165) is 12.1 Å². The van der Waals surface area contributed by atoms with Gasteiger partial charge in [-0.15, -0.1) is 5.10 Å². The number of nitrogens with zero attached hydrogens (tertiary/aromatic N) is 2. The number of amides is 2. The Morgan fingerprint density at radius 2 is 2.20 bits per heavy atom. The lowest BCUT2D eigenvalue weighted by atomic mass is 10.1. The molecular formula is C17H21ClN4O2S. The van der Waals surface area contributed by atoms with Crippen molar-refractivity contribution in [2.45, 2.75) is 38.9 Å². The molecule has 1 atom stereocenters. The highest BCUT2D eigenvalue weighted by atomic mass is 35.5. The van der Waals surface area contributed by atoms with E-state index in [4.69, 9.17) is 11.6 Å². The van der Waals surface area contributed by atoms with Crippen LogP contribution in [-0.2, 0) is 9.59 Å². The van der Waals surface area contributed by atoms with Crippen molar-refractivity contribution >= 4 is 51.7 Å². The molecule has 0 bridgehead atoms. The average molecular weight is 381 g/mol. The molecule has 1 aromatic carbocycles. The van der Waals surface area contributed by atoms with E-state index in [-0.39, 0.29) is 18.2 Å². The standard InChI is InChI=1S/C17H21ClN4O2S/c1-10(2)7-11(3)21-22-17-20-16(24)14(25-17)9-15(23)19-13-6-4-5-12(18)8-13/h4-6,8,10,14H,7,9H2,1-3H3,(H,19,23)(H,20,22,24)/t14-/m1/s1. The predicted octanol–water partition coefficient (Wildman–Crippen LogP) is 3.68. The summed E-state index contributed by atoms with van der Waals surface area (Å²) in [6.45, 7) is 6.11. The van der Waals surface area contributed by atoms with Crippen LogP contribution in [-0.4, -0.2) is 27.9 Å². The van der Waals surface area contributed by atoms with Gasteiger partial charge in [0.2, 0.25) is 11.8 Å². The molecule has 0 spiro atoms. The maximum absolute atomic E-state index is 12.1. The van der Waals surface area contributed by atoms with Gasteiger partial charge in [0, 0.05) is 22.8 Å². The lowest BCUT2D eigenvalue weighted by Gasteiger charge is -2.07. The summed E-state index contributed by atoms with van der Waals surface area (Å²) in [4.78, 5) is 24.1. The van der Waals surface area contributed by atoms with Crippen LogP contribution in [0.2, 0.25) is 5.02 Å². The second kappa shape index (κ2) is 9.01. The Morgan fingerprint density at radius 3 is 2.88 bits per heavy atom. The molecule has 0 unspecified atom stereocenters. The highest BCUT2D eigenvalue weighted by Crippen LogP contribution is 2.23. The van der Waals surface area contributed by atoms with Crippen LogP contribution in [0.15, 0.2) is 34.5 Å². The van der Waals surface area contributed by atoms with Gasteiger partial charge in [-0.1, -0.05) is 43.3 Å². The van der Waals surface area contributed by atoms with Crippen LogP contribution < -0.4 is 10.6 Å². The maximum Gasteiger partial charge on any atom is 0.240 e. The molecule has 0 saturated carbocycles. The average Bonchev–Trinajstić information content (AvgIpc) is 2.84. The van der Waals surface area contributed by atoms with Crippen molar-refractivity contribution in [3.8, 4) is 0 Å².